The number of hydrogen-bond donors (Lipinski definition) is 1. The van der Waals surface area contributed by atoms with E-state index in [-0.39, 0.29) is 6.09 Å². The minimum absolute atomic E-state index is 0.296. The number of ether oxygens (including phenoxy) is 3. The molecule has 0 aliphatic carbocycles. The van der Waals surface area contributed by atoms with Crippen molar-refractivity contribution in [2.45, 2.75) is 71.3 Å². The van der Waals surface area contributed by atoms with Gasteiger partial charge in [-0.25, -0.2) is 9.59 Å². The van der Waals surface area contributed by atoms with Crippen molar-refractivity contribution in [3.63, 3.8) is 0 Å². The number of carboxylic acid groups (broad SMARTS) is 1. The van der Waals surface area contributed by atoms with Crippen molar-refractivity contribution in [2.24, 2.45) is 0 Å². The van der Waals surface area contributed by atoms with Crippen molar-refractivity contribution in [3.05, 3.63) is 65.7 Å². The Bertz CT molecular complexity index is 887. The lowest BCUT2D eigenvalue weighted by Gasteiger charge is -2.22. The highest BCUT2D eigenvalue weighted by Crippen LogP contribution is 2.15. The second kappa shape index (κ2) is 18.2. The lowest BCUT2D eigenvalue weighted by Crippen LogP contribution is -2.36. The van der Waals surface area contributed by atoms with Crippen molar-refractivity contribution >= 4 is 12.1 Å². The summed E-state index contributed by atoms with van der Waals surface area (Å²) >= 11 is 0. The van der Waals surface area contributed by atoms with Gasteiger partial charge in [0.25, 0.3) is 0 Å². The standard InChI is InChI=1S/C30H43NO6/c1-3-5-6-7-8-12-20-31(30(34)37-22-19-25-13-10-9-11-14-25)21-23-36-27-17-15-26(16-18-27)24-28(29(32)33)35-4-2/h9-11,13-18,28H,3-8,12,19-24H2,1-2H3,(H,32,33). The molecule has 1 atom stereocenters. The highest BCUT2D eigenvalue weighted by molar-refractivity contribution is 5.72. The highest BCUT2D eigenvalue weighted by Gasteiger charge is 2.18. The van der Waals surface area contributed by atoms with Crippen molar-refractivity contribution in [2.75, 3.05) is 32.9 Å². The van der Waals surface area contributed by atoms with Gasteiger partial charge in [0, 0.05) is 26.0 Å². The second-order valence-electron chi connectivity index (χ2n) is 9.08. The molecule has 0 radical (unpaired) electrons. The van der Waals surface area contributed by atoms with Crippen molar-refractivity contribution in [1.29, 1.82) is 0 Å². The normalized spacial score (nSPS) is 11.6. The number of carboxylic acids is 1. The zero-order valence-corrected chi connectivity index (χ0v) is 22.4. The molecule has 0 aromatic heterocycles. The summed E-state index contributed by atoms with van der Waals surface area (Å²) in [6, 6.07) is 17.3. The minimum atomic E-state index is -0.969. The minimum Gasteiger partial charge on any atom is -0.492 e. The maximum atomic E-state index is 12.8. The van der Waals surface area contributed by atoms with Crippen LogP contribution in [0.4, 0.5) is 4.79 Å². The quantitative estimate of drug-likeness (QED) is 0.227. The van der Waals surface area contributed by atoms with Crippen LogP contribution in [-0.2, 0) is 27.1 Å². The number of amides is 1. The summed E-state index contributed by atoms with van der Waals surface area (Å²) in [6.45, 7) is 6.11. The van der Waals surface area contributed by atoms with Gasteiger partial charge in [-0.1, -0.05) is 81.5 Å². The monoisotopic (exact) mass is 513 g/mol. The Morgan fingerprint density at radius 2 is 1.54 bits per heavy atom. The summed E-state index contributed by atoms with van der Waals surface area (Å²) < 4.78 is 16.7. The number of nitrogens with zero attached hydrogens (tertiary/aromatic N) is 1. The number of hydrogen-bond acceptors (Lipinski definition) is 5. The van der Waals surface area contributed by atoms with Crippen molar-refractivity contribution < 1.29 is 28.9 Å². The van der Waals surface area contributed by atoms with Gasteiger partial charge in [0.1, 0.15) is 12.4 Å². The largest absolute Gasteiger partial charge is 0.492 e. The van der Waals surface area contributed by atoms with Gasteiger partial charge in [-0.05, 0) is 36.6 Å². The smallest absolute Gasteiger partial charge is 0.409 e. The Balaban J connectivity index is 1.82. The molecule has 37 heavy (non-hydrogen) atoms. The molecule has 2 aromatic carbocycles. The summed E-state index contributed by atoms with van der Waals surface area (Å²) in [7, 11) is 0. The van der Waals surface area contributed by atoms with Gasteiger partial charge in [0.2, 0.25) is 0 Å². The van der Waals surface area contributed by atoms with E-state index in [1.165, 1.54) is 25.7 Å². The Hall–Kier alpha value is -3.06. The van der Waals surface area contributed by atoms with Gasteiger partial charge >= 0.3 is 12.1 Å². The fourth-order valence-electron chi connectivity index (χ4n) is 4.00. The molecule has 0 saturated carbocycles. The molecule has 0 saturated heterocycles. The molecule has 0 bridgehead atoms. The van der Waals surface area contributed by atoms with Crippen molar-refractivity contribution in [3.8, 4) is 5.75 Å². The third kappa shape index (κ3) is 12.6. The van der Waals surface area contributed by atoms with E-state index < -0.39 is 12.1 Å². The van der Waals surface area contributed by atoms with Crippen LogP contribution in [0.5, 0.6) is 5.75 Å². The first kappa shape index (κ1) is 30.2. The van der Waals surface area contributed by atoms with Gasteiger partial charge in [0.15, 0.2) is 6.10 Å². The number of aliphatic carboxylic acids is 1. The highest BCUT2D eigenvalue weighted by atomic mass is 16.6. The van der Waals surface area contributed by atoms with Crippen LogP contribution in [0.25, 0.3) is 0 Å². The summed E-state index contributed by atoms with van der Waals surface area (Å²) in [5.74, 6) is -0.299. The van der Waals surface area contributed by atoms with Crippen LogP contribution in [0.2, 0.25) is 0 Å². The van der Waals surface area contributed by atoms with Gasteiger partial charge in [-0.15, -0.1) is 0 Å². The van der Waals surface area contributed by atoms with E-state index in [0.717, 1.165) is 24.0 Å². The number of carbonyl (C=O) groups is 2. The SMILES string of the molecule is CCCCCCCCN(CCOc1ccc(CC(OCC)C(=O)O)cc1)C(=O)OCCc1ccccc1. The van der Waals surface area contributed by atoms with Crippen LogP contribution >= 0.6 is 0 Å². The maximum Gasteiger partial charge on any atom is 0.409 e. The van der Waals surface area contributed by atoms with Gasteiger partial charge in [-0.3, -0.25) is 0 Å². The van der Waals surface area contributed by atoms with Crippen LogP contribution in [0.15, 0.2) is 54.6 Å². The van der Waals surface area contributed by atoms with E-state index in [9.17, 15) is 14.7 Å². The fraction of sp³-hybridized carbons (Fsp3) is 0.533. The molecule has 204 valence electrons. The van der Waals surface area contributed by atoms with E-state index in [1.54, 1.807) is 11.8 Å². The Labute approximate surface area is 221 Å². The number of benzene rings is 2. The fourth-order valence-corrected chi connectivity index (χ4v) is 4.00. The molecule has 0 aliphatic rings. The molecular weight excluding hydrogens is 470 g/mol. The molecular formula is C30H43NO6. The van der Waals surface area contributed by atoms with Crippen molar-refractivity contribution in [1.82, 2.24) is 4.90 Å². The first-order valence-corrected chi connectivity index (χ1v) is 13.5. The van der Waals surface area contributed by atoms with Gasteiger partial charge in [0.05, 0.1) is 13.2 Å². The molecule has 1 amide bonds. The molecule has 0 spiro atoms. The second-order valence-corrected chi connectivity index (χ2v) is 9.08. The van der Waals surface area contributed by atoms with Crippen LogP contribution in [-0.4, -0.2) is 61.1 Å². The molecule has 2 aromatic rings. The van der Waals surface area contributed by atoms with Crippen LogP contribution in [0.1, 0.15) is 63.5 Å². The molecule has 0 aliphatic heterocycles. The molecule has 0 heterocycles. The Kier molecular flexibility index (Phi) is 14.9. The van der Waals surface area contributed by atoms with Crippen LogP contribution < -0.4 is 4.74 Å². The zero-order chi connectivity index (χ0) is 26.7. The van der Waals surface area contributed by atoms with Crippen LogP contribution in [0.3, 0.4) is 0 Å². The molecule has 0 fully saturated rings. The predicted octanol–water partition coefficient (Wildman–Crippen LogP) is 6.14. The first-order chi connectivity index (χ1) is 18.0. The topological polar surface area (TPSA) is 85.3 Å². The average Bonchev–Trinajstić information content (AvgIpc) is 2.90. The lowest BCUT2D eigenvalue weighted by molar-refractivity contribution is -0.149. The third-order valence-corrected chi connectivity index (χ3v) is 6.12. The molecule has 2 rings (SSSR count). The molecule has 1 N–H and O–H groups in total. The average molecular weight is 514 g/mol. The maximum absolute atomic E-state index is 12.8. The Morgan fingerprint density at radius 3 is 2.22 bits per heavy atom. The summed E-state index contributed by atoms with van der Waals surface area (Å²) in [5.41, 5.74) is 2.00. The number of carbonyl (C=O) groups excluding carboxylic acids is 1. The summed E-state index contributed by atoms with van der Waals surface area (Å²) in [4.78, 5) is 25.8. The van der Waals surface area contributed by atoms with E-state index in [2.05, 4.69) is 6.92 Å². The van der Waals surface area contributed by atoms with E-state index in [1.807, 2.05) is 54.6 Å². The number of unbranched alkanes of at least 4 members (excludes halogenated alkanes) is 5. The molecule has 7 nitrogen and oxygen atoms in total. The summed E-state index contributed by atoms with van der Waals surface area (Å²) in [6.07, 6.45) is 6.72. The van der Waals surface area contributed by atoms with E-state index in [4.69, 9.17) is 14.2 Å². The Morgan fingerprint density at radius 1 is 0.838 bits per heavy atom. The molecule has 7 heteroatoms. The van der Waals surface area contributed by atoms with Gasteiger partial charge in [-0.2, -0.15) is 0 Å². The predicted molar refractivity (Wildman–Crippen MR) is 145 cm³/mol. The lowest BCUT2D eigenvalue weighted by atomic mass is 10.1. The van der Waals surface area contributed by atoms with E-state index >= 15 is 0 Å². The zero-order valence-electron chi connectivity index (χ0n) is 22.4. The van der Waals surface area contributed by atoms with E-state index in [0.29, 0.717) is 51.5 Å². The summed E-state index contributed by atoms with van der Waals surface area (Å²) in [5, 5.41) is 9.27. The van der Waals surface area contributed by atoms with Gasteiger partial charge < -0.3 is 24.2 Å². The third-order valence-electron chi connectivity index (χ3n) is 6.12. The molecule has 1 unspecified atom stereocenters. The number of rotatable bonds is 19. The van der Waals surface area contributed by atoms with Crippen LogP contribution in [0, 0.1) is 0 Å². The first-order valence-electron chi connectivity index (χ1n) is 13.5.